The molecule has 0 atom stereocenters. The van der Waals surface area contributed by atoms with Crippen molar-refractivity contribution in [1.82, 2.24) is 9.97 Å². The first kappa shape index (κ1) is 13.3. The summed E-state index contributed by atoms with van der Waals surface area (Å²) in [5, 5.41) is 6.69. The van der Waals surface area contributed by atoms with Crippen molar-refractivity contribution in [2.75, 3.05) is 11.9 Å². The molecule has 18 heavy (non-hydrogen) atoms. The van der Waals surface area contributed by atoms with Gasteiger partial charge in [0.25, 0.3) is 0 Å². The Morgan fingerprint density at radius 1 is 1.17 bits per heavy atom. The van der Waals surface area contributed by atoms with Gasteiger partial charge in [0, 0.05) is 6.54 Å². The quantitative estimate of drug-likeness (QED) is 0.885. The van der Waals surface area contributed by atoms with Gasteiger partial charge in [-0.05, 0) is 29.2 Å². The van der Waals surface area contributed by atoms with E-state index >= 15 is 0 Å². The van der Waals surface area contributed by atoms with E-state index in [-0.39, 0.29) is 0 Å². The van der Waals surface area contributed by atoms with Crippen molar-refractivity contribution < 1.29 is 0 Å². The Bertz CT molecular complexity index is 496. The van der Waals surface area contributed by atoms with Crippen LogP contribution in [-0.4, -0.2) is 16.5 Å². The van der Waals surface area contributed by atoms with E-state index in [1.54, 1.807) is 17.7 Å². The van der Waals surface area contributed by atoms with Gasteiger partial charge in [0.15, 0.2) is 0 Å². The fraction of sp³-hybridized carbons (Fsp3) is 0.571. The minimum absolute atomic E-state index is 0.661. The lowest BCUT2D eigenvalue weighted by Crippen LogP contribution is -2.24. The average molecular weight is 263 g/mol. The highest BCUT2D eigenvalue weighted by Gasteiger charge is 2.17. The van der Waals surface area contributed by atoms with Crippen molar-refractivity contribution >= 4 is 27.4 Å². The molecule has 0 aliphatic carbocycles. The van der Waals surface area contributed by atoms with Crippen LogP contribution in [0.4, 0.5) is 5.82 Å². The molecule has 0 aromatic carbocycles. The molecular weight excluding hydrogens is 242 g/mol. The second-order valence-corrected chi connectivity index (χ2v) is 6.29. The summed E-state index contributed by atoms with van der Waals surface area (Å²) < 4.78 is 0. The third-order valence-corrected chi connectivity index (χ3v) is 4.30. The van der Waals surface area contributed by atoms with Crippen LogP contribution in [0.3, 0.4) is 0 Å². The highest BCUT2D eigenvalue weighted by Crippen LogP contribution is 2.25. The van der Waals surface area contributed by atoms with E-state index < -0.39 is 0 Å². The smallest absolute Gasteiger partial charge is 0.138 e. The number of thiophene rings is 1. The van der Waals surface area contributed by atoms with Gasteiger partial charge in [-0.3, -0.25) is 0 Å². The number of nitrogens with one attached hydrogen (secondary N) is 1. The Hall–Kier alpha value is -1.16. The molecule has 0 amide bonds. The van der Waals surface area contributed by atoms with E-state index in [1.165, 1.54) is 0 Å². The van der Waals surface area contributed by atoms with Crippen LogP contribution in [0.25, 0.3) is 10.2 Å². The van der Waals surface area contributed by atoms with Crippen LogP contribution in [0.2, 0.25) is 0 Å². The molecular formula is C14H21N3S. The van der Waals surface area contributed by atoms with Crippen molar-refractivity contribution in [3.63, 3.8) is 0 Å². The summed E-state index contributed by atoms with van der Waals surface area (Å²) in [5.41, 5.74) is 0. The monoisotopic (exact) mass is 263 g/mol. The molecule has 2 aromatic heterocycles. The molecule has 2 aromatic rings. The van der Waals surface area contributed by atoms with Crippen LogP contribution in [0.5, 0.6) is 0 Å². The molecule has 0 bridgehead atoms. The first-order valence-corrected chi connectivity index (χ1v) is 7.39. The second-order valence-electron chi connectivity index (χ2n) is 5.39. The molecule has 3 nitrogen and oxygen atoms in total. The van der Waals surface area contributed by atoms with Crippen molar-refractivity contribution in [2.45, 2.75) is 27.7 Å². The summed E-state index contributed by atoms with van der Waals surface area (Å²) in [7, 11) is 0. The zero-order valence-electron chi connectivity index (χ0n) is 11.5. The fourth-order valence-electron chi connectivity index (χ4n) is 2.39. The van der Waals surface area contributed by atoms with Crippen LogP contribution < -0.4 is 5.32 Å². The summed E-state index contributed by atoms with van der Waals surface area (Å²) in [4.78, 5) is 9.67. The van der Waals surface area contributed by atoms with Crippen LogP contribution in [-0.2, 0) is 0 Å². The van der Waals surface area contributed by atoms with Crippen LogP contribution >= 0.6 is 11.3 Å². The van der Waals surface area contributed by atoms with Crippen molar-refractivity contribution in [2.24, 2.45) is 17.8 Å². The summed E-state index contributed by atoms with van der Waals surface area (Å²) in [6.45, 7) is 10.1. The van der Waals surface area contributed by atoms with E-state index in [1.807, 2.05) is 0 Å². The Balaban J connectivity index is 2.12. The molecule has 0 unspecified atom stereocenters. The first-order valence-electron chi connectivity index (χ1n) is 6.51. The van der Waals surface area contributed by atoms with Gasteiger partial charge in [-0.1, -0.05) is 27.7 Å². The summed E-state index contributed by atoms with van der Waals surface area (Å²) in [6, 6.07) is 2.09. The molecule has 0 aliphatic heterocycles. The Kier molecular flexibility index (Phi) is 4.17. The fourth-order valence-corrected chi connectivity index (χ4v) is 3.12. The largest absolute Gasteiger partial charge is 0.369 e. The number of aromatic nitrogens is 2. The number of nitrogens with zero attached hydrogens (tertiary/aromatic N) is 2. The van der Waals surface area contributed by atoms with Gasteiger partial charge < -0.3 is 5.32 Å². The molecule has 4 heteroatoms. The van der Waals surface area contributed by atoms with Crippen LogP contribution in [0.1, 0.15) is 27.7 Å². The zero-order chi connectivity index (χ0) is 13.1. The van der Waals surface area contributed by atoms with Gasteiger partial charge >= 0.3 is 0 Å². The number of rotatable bonds is 5. The number of fused-ring (bicyclic) bond motifs is 1. The lowest BCUT2D eigenvalue weighted by atomic mass is 9.85. The highest BCUT2D eigenvalue weighted by atomic mass is 32.1. The molecule has 98 valence electrons. The van der Waals surface area contributed by atoms with Gasteiger partial charge in [-0.2, -0.15) is 0 Å². The minimum atomic E-state index is 0.661. The molecule has 1 N–H and O–H groups in total. The molecule has 0 spiro atoms. The summed E-state index contributed by atoms with van der Waals surface area (Å²) in [6.07, 6.45) is 1.64. The van der Waals surface area contributed by atoms with E-state index in [0.717, 1.165) is 22.6 Å². The Labute approximate surface area is 113 Å². The lowest BCUT2D eigenvalue weighted by Gasteiger charge is -2.25. The average Bonchev–Trinajstić information content (AvgIpc) is 2.77. The van der Waals surface area contributed by atoms with E-state index in [0.29, 0.717) is 17.8 Å². The maximum absolute atomic E-state index is 4.35. The summed E-state index contributed by atoms with van der Waals surface area (Å²) in [5.74, 6) is 2.98. The number of hydrogen-bond donors (Lipinski definition) is 1. The van der Waals surface area contributed by atoms with Gasteiger partial charge in [0.2, 0.25) is 0 Å². The third kappa shape index (κ3) is 2.80. The van der Waals surface area contributed by atoms with Gasteiger partial charge in [-0.15, -0.1) is 11.3 Å². The van der Waals surface area contributed by atoms with E-state index in [2.05, 4.69) is 54.4 Å². The lowest BCUT2D eigenvalue weighted by molar-refractivity contribution is 0.304. The third-order valence-electron chi connectivity index (χ3n) is 3.48. The minimum Gasteiger partial charge on any atom is -0.369 e. The molecule has 0 aliphatic rings. The molecule has 2 heterocycles. The van der Waals surface area contributed by atoms with Crippen LogP contribution in [0, 0.1) is 17.8 Å². The van der Waals surface area contributed by atoms with Crippen LogP contribution in [0.15, 0.2) is 17.8 Å². The van der Waals surface area contributed by atoms with Gasteiger partial charge in [-0.25, -0.2) is 9.97 Å². The topological polar surface area (TPSA) is 37.8 Å². The number of hydrogen-bond acceptors (Lipinski definition) is 4. The zero-order valence-corrected chi connectivity index (χ0v) is 12.3. The second kappa shape index (κ2) is 5.65. The Morgan fingerprint density at radius 2 is 1.89 bits per heavy atom. The van der Waals surface area contributed by atoms with E-state index in [9.17, 15) is 0 Å². The van der Waals surface area contributed by atoms with Crippen molar-refractivity contribution in [1.29, 1.82) is 0 Å². The maximum Gasteiger partial charge on any atom is 0.138 e. The molecule has 2 rings (SSSR count). The molecule has 0 radical (unpaired) electrons. The molecule has 0 saturated heterocycles. The summed E-state index contributed by atoms with van der Waals surface area (Å²) >= 11 is 1.66. The van der Waals surface area contributed by atoms with Crippen molar-refractivity contribution in [3.8, 4) is 0 Å². The molecule has 0 saturated carbocycles. The maximum atomic E-state index is 4.35. The standard InChI is InChI=1S/C14H21N3S/c1-9(2)12(10(3)4)7-15-13-11-5-6-18-14(11)17-8-16-13/h5-6,8-10,12H,7H2,1-4H3,(H,15,16,17). The normalized spacial score (nSPS) is 11.9. The van der Waals surface area contributed by atoms with Gasteiger partial charge in [0.05, 0.1) is 5.39 Å². The van der Waals surface area contributed by atoms with Gasteiger partial charge in [0.1, 0.15) is 17.0 Å². The number of anilines is 1. The predicted molar refractivity (Wildman–Crippen MR) is 79.1 cm³/mol. The SMILES string of the molecule is CC(C)C(CNc1ncnc2sccc12)C(C)C. The highest BCUT2D eigenvalue weighted by molar-refractivity contribution is 7.16. The first-order chi connectivity index (χ1) is 8.59. The van der Waals surface area contributed by atoms with Crippen molar-refractivity contribution in [3.05, 3.63) is 17.8 Å². The Morgan fingerprint density at radius 3 is 2.56 bits per heavy atom. The predicted octanol–water partition coefficient (Wildman–Crippen LogP) is 4.03. The van der Waals surface area contributed by atoms with E-state index in [4.69, 9.17) is 0 Å². The molecule has 0 fully saturated rings.